The molecule has 0 bridgehead atoms. The maximum atomic E-state index is 2.46. The van der Waals surface area contributed by atoms with Gasteiger partial charge in [0.25, 0.3) is 0 Å². The zero-order chi connectivity index (χ0) is 65.4. The molecule has 0 heterocycles. The Balaban J connectivity index is 0.000000160. The molecule has 17 aromatic rings. The van der Waals surface area contributed by atoms with Gasteiger partial charge >= 0.3 is 0 Å². The second-order valence-corrected chi connectivity index (χ2v) is 24.8. The molecule has 0 unspecified atom stereocenters. The highest BCUT2D eigenvalue weighted by molar-refractivity contribution is 6.27. The van der Waals surface area contributed by atoms with Crippen molar-refractivity contribution in [3.8, 4) is 44.5 Å². The summed E-state index contributed by atoms with van der Waals surface area (Å²) in [5.41, 5.74) is 21.3. The minimum absolute atomic E-state index is 0. The van der Waals surface area contributed by atoms with E-state index in [1.807, 2.05) is 0 Å². The Morgan fingerprint density at radius 3 is 0.778 bits per heavy atom. The molecule has 99 heavy (non-hydrogen) atoms. The monoisotopic (exact) mass is 1270 g/mol. The maximum absolute atomic E-state index is 2.46. The number of para-hydroxylation sites is 4. The lowest BCUT2D eigenvalue weighted by Gasteiger charge is -2.25. The molecule has 3 heteroatoms. The number of nitrogens with zero attached hydrogens (tertiary/aromatic N) is 2. The van der Waals surface area contributed by atoms with Crippen LogP contribution in [0.4, 0.5) is 38.8 Å². The van der Waals surface area contributed by atoms with Gasteiger partial charge in [-0.3, -0.25) is 4.70 Å². The minimum Gasteiger partial charge on any atom is -0.311 e. The molecule has 0 saturated carbocycles. The molecule has 0 radical (unpaired) electrons. The number of rotatable bonds is 14. The van der Waals surface area contributed by atoms with Gasteiger partial charge in [-0.25, -0.2) is 0 Å². The van der Waals surface area contributed by atoms with Crippen LogP contribution in [0.3, 0.4) is 0 Å². The molecule has 0 amide bonds. The summed E-state index contributed by atoms with van der Waals surface area (Å²) in [6, 6.07) is 139. The van der Waals surface area contributed by atoms with Crippen LogP contribution in [-0.2, 0) is 0 Å². The predicted molar refractivity (Wildman–Crippen MR) is 425 cm³/mol. The van der Waals surface area contributed by atoms with Crippen LogP contribution in [0.25, 0.3) is 123 Å². The van der Waals surface area contributed by atoms with E-state index in [1.54, 1.807) is 0 Å². The third-order valence-electron chi connectivity index (χ3n) is 18.6. The maximum Gasteiger partial charge on any atom is 0.0462 e. The first-order chi connectivity index (χ1) is 48.6. The second-order valence-electron chi connectivity index (χ2n) is 24.8. The molecule has 0 aliphatic heterocycles. The zero-order valence-corrected chi connectivity index (χ0v) is 54.6. The van der Waals surface area contributed by atoms with Crippen LogP contribution >= 0.6 is 0 Å². The highest BCUT2D eigenvalue weighted by atomic mass is 19.0. The molecule has 0 aromatic heterocycles. The van der Waals surface area contributed by atoms with Crippen LogP contribution < -0.4 is 9.80 Å². The number of halogens is 1. The first-order valence-corrected chi connectivity index (χ1v) is 33.6. The quantitative estimate of drug-likeness (QED) is 0.0608. The van der Waals surface area contributed by atoms with E-state index in [9.17, 15) is 0 Å². The fraction of sp³-hybridized carbons (Fsp3) is 0. The molecule has 17 aromatic carbocycles. The van der Waals surface area contributed by atoms with E-state index in [0.717, 1.165) is 56.4 Å². The van der Waals surface area contributed by atoms with Crippen LogP contribution in [0, 0.1) is 0 Å². The Kier molecular flexibility index (Phi) is 17.9. The Morgan fingerprint density at radius 2 is 0.414 bits per heavy atom. The molecule has 470 valence electrons. The van der Waals surface area contributed by atoms with Crippen molar-refractivity contribution in [2.75, 3.05) is 9.80 Å². The normalized spacial score (nSPS) is 11.3. The smallest absolute Gasteiger partial charge is 0.0462 e. The fourth-order valence-electron chi connectivity index (χ4n) is 13.7. The van der Waals surface area contributed by atoms with Crippen LogP contribution in [-0.4, -0.2) is 0 Å². The van der Waals surface area contributed by atoms with Gasteiger partial charge in [-0.05, 0) is 218 Å². The standard InChI is InChI=1S/C50H32.C46H36N2.FH/c1-3-11-33(12-4-1)35-19-24-38(25-20-35)49-45-29-40-16-7-8-17-41(40)30-46(45)50(39-26-21-36(22-27-39)34-13-5-2-6-14-34)48-32-44-42(31-47(48)49)28-23-37-15-9-10-18-43(37)44;1-5-13-41(14-6-1)47(42-15-7-2-8-16-42)45-33-29-39(30-34-45)27-25-37-21-23-38(24-22-37)26-28-40-31-35-46(36-32-40)48(43-17-9-3-10-18-43)44-19-11-4-12-20-44;/h1-32H;1-36H;1H. The van der Waals surface area contributed by atoms with E-state index in [4.69, 9.17) is 0 Å². The summed E-state index contributed by atoms with van der Waals surface area (Å²) in [5.74, 6) is 0. The van der Waals surface area contributed by atoms with Crippen LogP contribution in [0.1, 0.15) is 22.3 Å². The van der Waals surface area contributed by atoms with E-state index in [1.165, 1.54) is 98.4 Å². The Labute approximate surface area is 578 Å². The molecule has 0 fully saturated rings. The average Bonchev–Trinajstić information content (AvgIpc) is 0.716. The van der Waals surface area contributed by atoms with Crippen molar-refractivity contribution in [3.05, 3.63) is 411 Å². The number of hydrogen-bond acceptors (Lipinski definition) is 2. The average molecular weight is 1270 g/mol. The number of anilines is 6. The van der Waals surface area contributed by atoms with Crippen LogP contribution in [0.2, 0.25) is 0 Å². The van der Waals surface area contributed by atoms with E-state index < -0.39 is 0 Å². The van der Waals surface area contributed by atoms with Gasteiger partial charge in [0.15, 0.2) is 0 Å². The van der Waals surface area contributed by atoms with Gasteiger partial charge in [0.1, 0.15) is 0 Å². The van der Waals surface area contributed by atoms with Gasteiger partial charge in [-0.15, -0.1) is 0 Å². The minimum atomic E-state index is 0. The molecule has 0 spiro atoms. The van der Waals surface area contributed by atoms with Crippen molar-refractivity contribution in [1.82, 2.24) is 0 Å². The third-order valence-corrected chi connectivity index (χ3v) is 18.6. The molecule has 2 nitrogen and oxygen atoms in total. The topological polar surface area (TPSA) is 6.48 Å². The lowest BCUT2D eigenvalue weighted by molar-refractivity contribution is 1.11. The van der Waals surface area contributed by atoms with Gasteiger partial charge in [0.2, 0.25) is 0 Å². The summed E-state index contributed by atoms with van der Waals surface area (Å²) in [5, 5.41) is 12.7. The number of fused-ring (bicyclic) bond motifs is 6. The Morgan fingerprint density at radius 1 is 0.162 bits per heavy atom. The third kappa shape index (κ3) is 13.3. The molecule has 0 atom stereocenters. The molecule has 0 N–H and O–H groups in total. The van der Waals surface area contributed by atoms with Crippen molar-refractivity contribution in [1.29, 1.82) is 0 Å². The zero-order valence-electron chi connectivity index (χ0n) is 54.6. The van der Waals surface area contributed by atoms with Gasteiger partial charge < -0.3 is 9.80 Å². The van der Waals surface area contributed by atoms with E-state index in [-0.39, 0.29) is 4.70 Å². The molecular formula is C96H69FN2. The van der Waals surface area contributed by atoms with Gasteiger partial charge in [0, 0.05) is 34.1 Å². The van der Waals surface area contributed by atoms with Crippen molar-refractivity contribution >= 4 is 112 Å². The van der Waals surface area contributed by atoms with Crippen molar-refractivity contribution in [2.45, 2.75) is 0 Å². The summed E-state index contributed by atoms with van der Waals surface area (Å²) >= 11 is 0. The van der Waals surface area contributed by atoms with Crippen LogP contribution in [0.15, 0.2) is 388 Å². The van der Waals surface area contributed by atoms with Crippen molar-refractivity contribution in [3.63, 3.8) is 0 Å². The number of hydrogen-bond donors (Lipinski definition) is 0. The lowest BCUT2D eigenvalue weighted by atomic mass is 9.83. The first-order valence-electron chi connectivity index (χ1n) is 33.6. The van der Waals surface area contributed by atoms with E-state index in [0.29, 0.717) is 0 Å². The largest absolute Gasteiger partial charge is 0.311 e. The molecule has 0 aliphatic rings. The summed E-state index contributed by atoms with van der Waals surface area (Å²) in [6.07, 6.45) is 8.66. The predicted octanol–water partition coefficient (Wildman–Crippen LogP) is 27.2. The van der Waals surface area contributed by atoms with E-state index >= 15 is 0 Å². The van der Waals surface area contributed by atoms with Crippen molar-refractivity contribution in [2.24, 2.45) is 0 Å². The summed E-state index contributed by atoms with van der Waals surface area (Å²) in [6.45, 7) is 0. The second kappa shape index (κ2) is 28.6. The van der Waals surface area contributed by atoms with Crippen molar-refractivity contribution < 1.29 is 4.70 Å². The summed E-state index contributed by atoms with van der Waals surface area (Å²) in [4.78, 5) is 4.55. The van der Waals surface area contributed by atoms with Gasteiger partial charge in [-0.1, -0.05) is 315 Å². The first kappa shape index (κ1) is 62.2. The lowest BCUT2D eigenvalue weighted by Crippen LogP contribution is -2.09. The molecule has 17 rings (SSSR count). The SMILES string of the molecule is C(=Cc1ccc(N(c2ccccc2)c2ccccc2)cc1)c1ccc(C=Cc2ccc(N(c3ccccc3)c3ccccc3)cc2)cc1.F.c1ccc(-c2ccc(-c3c4cc5ccccc5cc4c(-c4ccc(-c5ccccc5)cc4)c4cc5c(ccc6ccccc65)cc34)cc2)cc1. The Hall–Kier alpha value is -13.0. The van der Waals surface area contributed by atoms with Gasteiger partial charge in [-0.2, -0.15) is 0 Å². The highest BCUT2D eigenvalue weighted by Gasteiger charge is 2.21. The van der Waals surface area contributed by atoms with Crippen LogP contribution in [0.5, 0.6) is 0 Å². The Bertz CT molecular complexity index is 5410. The number of benzene rings is 17. The molecule has 0 saturated heterocycles. The summed E-state index contributed by atoms with van der Waals surface area (Å²) in [7, 11) is 0. The highest BCUT2D eigenvalue weighted by Crippen LogP contribution is 2.48. The van der Waals surface area contributed by atoms with E-state index in [2.05, 4.69) is 422 Å². The molecule has 0 aliphatic carbocycles. The van der Waals surface area contributed by atoms with Gasteiger partial charge in [0.05, 0.1) is 0 Å². The fourth-order valence-corrected chi connectivity index (χ4v) is 13.7. The molecular weight excluding hydrogens is 1200 g/mol. The summed E-state index contributed by atoms with van der Waals surface area (Å²) < 4.78 is 0.